The molecule has 0 saturated heterocycles. The first-order valence-electron chi connectivity index (χ1n) is 9.83. The molecule has 152 valence electrons. The first-order chi connectivity index (χ1) is 13.9. The zero-order chi connectivity index (χ0) is 21.0. The number of carbonyl (C=O) groups is 3. The lowest BCUT2D eigenvalue weighted by molar-refractivity contribution is -0.121. The predicted octanol–water partition coefficient (Wildman–Crippen LogP) is 2.79. The quantitative estimate of drug-likeness (QED) is 0.700. The van der Waals surface area contributed by atoms with Crippen LogP contribution in [0.15, 0.2) is 48.5 Å². The van der Waals surface area contributed by atoms with E-state index in [1.807, 2.05) is 57.4 Å². The molecule has 1 aliphatic rings. The maximum Gasteiger partial charge on any atom is 0.261 e. The highest BCUT2D eigenvalue weighted by Gasteiger charge is 2.34. The van der Waals surface area contributed by atoms with Crippen molar-refractivity contribution >= 4 is 17.7 Å². The van der Waals surface area contributed by atoms with Crippen LogP contribution in [0.5, 0.6) is 0 Å². The Labute approximate surface area is 171 Å². The number of aryl methyl sites for hydroxylation is 1. The third kappa shape index (κ3) is 4.71. The second-order valence-electron chi connectivity index (χ2n) is 7.61. The van der Waals surface area contributed by atoms with Gasteiger partial charge in [0.1, 0.15) is 0 Å². The molecule has 6 heteroatoms. The predicted molar refractivity (Wildman–Crippen MR) is 112 cm³/mol. The fourth-order valence-electron chi connectivity index (χ4n) is 3.58. The van der Waals surface area contributed by atoms with Crippen molar-refractivity contribution in [3.8, 4) is 0 Å². The van der Waals surface area contributed by atoms with Crippen LogP contribution in [0, 0.1) is 6.92 Å². The molecule has 29 heavy (non-hydrogen) atoms. The first-order valence-corrected chi connectivity index (χ1v) is 9.83. The lowest BCUT2D eigenvalue weighted by Crippen LogP contribution is -2.35. The summed E-state index contributed by atoms with van der Waals surface area (Å²) in [7, 11) is 3.96. The fraction of sp³-hybridized carbons (Fsp3) is 0.348. The molecule has 1 aliphatic heterocycles. The van der Waals surface area contributed by atoms with Gasteiger partial charge in [0.2, 0.25) is 5.91 Å². The second kappa shape index (κ2) is 9.01. The van der Waals surface area contributed by atoms with Crippen molar-refractivity contribution in [2.75, 3.05) is 27.2 Å². The molecule has 2 aromatic rings. The zero-order valence-corrected chi connectivity index (χ0v) is 17.1. The van der Waals surface area contributed by atoms with Gasteiger partial charge in [0.15, 0.2) is 0 Å². The summed E-state index contributed by atoms with van der Waals surface area (Å²) in [6.07, 6.45) is 0.704. The SMILES string of the molecule is Cc1ccc2c(c1)C(=O)N(CCCC(=O)NCC(c1ccccc1)N(C)C)C2=O. The standard InChI is InChI=1S/C23H27N3O3/c1-16-11-12-18-19(14-16)23(29)26(22(18)28)13-7-10-21(27)24-15-20(25(2)3)17-8-5-4-6-9-17/h4-6,8-9,11-12,14,20H,7,10,13,15H2,1-3H3,(H,24,27). The minimum Gasteiger partial charge on any atom is -0.354 e. The molecule has 0 saturated carbocycles. The highest BCUT2D eigenvalue weighted by Crippen LogP contribution is 2.24. The molecule has 0 aliphatic carbocycles. The lowest BCUT2D eigenvalue weighted by atomic mass is 10.1. The summed E-state index contributed by atoms with van der Waals surface area (Å²) in [6.45, 7) is 2.64. The maximum atomic E-state index is 12.5. The van der Waals surface area contributed by atoms with E-state index in [1.54, 1.807) is 12.1 Å². The van der Waals surface area contributed by atoms with Crippen LogP contribution < -0.4 is 5.32 Å². The molecule has 0 radical (unpaired) electrons. The van der Waals surface area contributed by atoms with Gasteiger partial charge in [-0.2, -0.15) is 0 Å². The topological polar surface area (TPSA) is 69.7 Å². The minimum atomic E-state index is -0.276. The van der Waals surface area contributed by atoms with E-state index in [9.17, 15) is 14.4 Å². The van der Waals surface area contributed by atoms with Crippen molar-refractivity contribution in [1.82, 2.24) is 15.1 Å². The summed E-state index contributed by atoms with van der Waals surface area (Å²) in [6, 6.07) is 15.4. The molecule has 0 aromatic heterocycles. The molecule has 6 nitrogen and oxygen atoms in total. The molecule has 2 aromatic carbocycles. The largest absolute Gasteiger partial charge is 0.354 e. The molecule has 1 atom stereocenters. The molecule has 3 amide bonds. The number of rotatable bonds is 8. The number of nitrogens with zero attached hydrogens (tertiary/aromatic N) is 2. The van der Waals surface area contributed by atoms with Crippen molar-refractivity contribution < 1.29 is 14.4 Å². The van der Waals surface area contributed by atoms with E-state index in [1.165, 1.54) is 4.90 Å². The molecular formula is C23H27N3O3. The van der Waals surface area contributed by atoms with Crippen LogP contribution in [0.1, 0.15) is 50.7 Å². The van der Waals surface area contributed by atoms with Gasteiger partial charge in [-0.25, -0.2) is 0 Å². The van der Waals surface area contributed by atoms with Gasteiger partial charge in [0.25, 0.3) is 11.8 Å². The lowest BCUT2D eigenvalue weighted by Gasteiger charge is -2.25. The van der Waals surface area contributed by atoms with Crippen molar-refractivity contribution in [3.63, 3.8) is 0 Å². The third-order valence-corrected chi connectivity index (χ3v) is 5.21. The van der Waals surface area contributed by atoms with Gasteiger partial charge in [0, 0.05) is 19.5 Å². The Morgan fingerprint density at radius 3 is 2.41 bits per heavy atom. The average Bonchev–Trinajstić information content (AvgIpc) is 2.93. The summed E-state index contributed by atoms with van der Waals surface area (Å²) >= 11 is 0. The Morgan fingerprint density at radius 1 is 1.03 bits per heavy atom. The van der Waals surface area contributed by atoms with Crippen molar-refractivity contribution in [3.05, 3.63) is 70.8 Å². The second-order valence-corrected chi connectivity index (χ2v) is 7.61. The number of nitrogens with one attached hydrogen (secondary N) is 1. The molecule has 1 heterocycles. The van der Waals surface area contributed by atoms with Gasteiger partial charge < -0.3 is 10.2 Å². The summed E-state index contributed by atoms with van der Waals surface area (Å²) in [4.78, 5) is 40.5. The van der Waals surface area contributed by atoms with E-state index in [2.05, 4.69) is 10.2 Å². The highest BCUT2D eigenvalue weighted by atomic mass is 16.2. The van der Waals surface area contributed by atoms with Crippen LogP contribution in [-0.2, 0) is 4.79 Å². The van der Waals surface area contributed by atoms with Gasteiger partial charge in [-0.1, -0.05) is 42.0 Å². The zero-order valence-electron chi connectivity index (χ0n) is 17.1. The maximum absolute atomic E-state index is 12.5. The molecule has 1 N–H and O–H groups in total. The molecule has 0 fully saturated rings. The summed E-state index contributed by atoms with van der Waals surface area (Å²) in [5.41, 5.74) is 2.98. The van der Waals surface area contributed by atoms with Crippen LogP contribution in [0.4, 0.5) is 0 Å². The number of benzene rings is 2. The van der Waals surface area contributed by atoms with Crippen molar-refractivity contribution in [1.29, 1.82) is 0 Å². The van der Waals surface area contributed by atoms with E-state index < -0.39 is 0 Å². The normalized spacial score (nSPS) is 14.3. The summed E-state index contributed by atoms with van der Waals surface area (Å²) in [5.74, 6) is -0.631. The molecular weight excluding hydrogens is 366 g/mol. The number of hydrogen-bond acceptors (Lipinski definition) is 4. The van der Waals surface area contributed by atoms with Gasteiger partial charge in [-0.05, 0) is 45.1 Å². The number of hydrogen-bond donors (Lipinski definition) is 1. The first kappa shape index (κ1) is 20.7. The van der Waals surface area contributed by atoms with Crippen LogP contribution in [0.25, 0.3) is 0 Å². The van der Waals surface area contributed by atoms with Crippen LogP contribution in [0.2, 0.25) is 0 Å². The van der Waals surface area contributed by atoms with E-state index >= 15 is 0 Å². The molecule has 0 bridgehead atoms. The number of amides is 3. The molecule has 0 spiro atoms. The van der Waals surface area contributed by atoms with E-state index in [0.717, 1.165) is 11.1 Å². The van der Waals surface area contributed by atoms with Gasteiger partial charge in [0.05, 0.1) is 17.2 Å². The van der Waals surface area contributed by atoms with Crippen LogP contribution in [-0.4, -0.2) is 54.7 Å². The van der Waals surface area contributed by atoms with Crippen molar-refractivity contribution in [2.24, 2.45) is 0 Å². The number of carbonyl (C=O) groups excluding carboxylic acids is 3. The Hall–Kier alpha value is -2.99. The number of likely N-dealkylation sites (N-methyl/N-ethyl adjacent to an activating group) is 1. The molecule has 1 unspecified atom stereocenters. The Bertz CT molecular complexity index is 909. The van der Waals surface area contributed by atoms with Gasteiger partial charge in [-0.15, -0.1) is 0 Å². The average molecular weight is 393 g/mol. The summed E-state index contributed by atoms with van der Waals surface area (Å²) < 4.78 is 0. The van der Waals surface area contributed by atoms with Gasteiger partial charge >= 0.3 is 0 Å². The third-order valence-electron chi connectivity index (χ3n) is 5.21. The highest BCUT2D eigenvalue weighted by molar-refractivity contribution is 6.21. The minimum absolute atomic E-state index is 0.0830. The summed E-state index contributed by atoms with van der Waals surface area (Å²) in [5, 5.41) is 2.97. The van der Waals surface area contributed by atoms with Gasteiger partial charge in [-0.3, -0.25) is 19.3 Å². The van der Waals surface area contributed by atoms with Crippen molar-refractivity contribution in [2.45, 2.75) is 25.8 Å². The Kier molecular flexibility index (Phi) is 6.44. The van der Waals surface area contributed by atoms with E-state index in [0.29, 0.717) is 24.1 Å². The fourth-order valence-corrected chi connectivity index (χ4v) is 3.58. The van der Waals surface area contributed by atoms with E-state index in [-0.39, 0.29) is 36.7 Å². The smallest absolute Gasteiger partial charge is 0.261 e. The monoisotopic (exact) mass is 393 g/mol. The van der Waals surface area contributed by atoms with Crippen LogP contribution >= 0.6 is 0 Å². The van der Waals surface area contributed by atoms with Crippen LogP contribution in [0.3, 0.4) is 0 Å². The Balaban J connectivity index is 1.49. The number of fused-ring (bicyclic) bond motifs is 1. The number of imide groups is 1. The van der Waals surface area contributed by atoms with E-state index in [4.69, 9.17) is 0 Å². The Morgan fingerprint density at radius 2 is 1.72 bits per heavy atom. The molecule has 3 rings (SSSR count).